The Hall–Kier alpha value is 0.331. The van der Waals surface area contributed by atoms with Crippen molar-refractivity contribution in [1.82, 2.24) is 15.1 Å². The summed E-state index contributed by atoms with van der Waals surface area (Å²) in [6.45, 7) is 17.4. The largest absolute Gasteiger partial charge is 0.500 e. The summed E-state index contributed by atoms with van der Waals surface area (Å²) < 4.78 is 29.8. The Kier molecular flexibility index (Phi) is 20.2. The van der Waals surface area contributed by atoms with Crippen molar-refractivity contribution in [2.24, 2.45) is 0 Å². The van der Waals surface area contributed by atoms with E-state index in [-0.39, 0.29) is 4.66 Å². The molecule has 11 heteroatoms. The summed E-state index contributed by atoms with van der Waals surface area (Å²) in [6, 6.07) is 0.857. The molecule has 1 fully saturated rings. The van der Waals surface area contributed by atoms with E-state index in [4.69, 9.17) is 22.1 Å². The average Bonchev–Trinajstić information content (AvgIpc) is 2.88. The Labute approximate surface area is 234 Å². The van der Waals surface area contributed by atoms with E-state index in [1.54, 1.807) is 0 Å². The van der Waals surface area contributed by atoms with Gasteiger partial charge in [-0.05, 0) is 66.3 Å². The minimum atomic E-state index is -2.54. The highest BCUT2D eigenvalue weighted by molar-refractivity contribution is 6.66. The van der Waals surface area contributed by atoms with Crippen LogP contribution in [0.15, 0.2) is 0 Å². The van der Waals surface area contributed by atoms with Crippen molar-refractivity contribution in [3.63, 3.8) is 0 Å². The van der Waals surface area contributed by atoms with Crippen LogP contribution in [0, 0.1) is 0 Å². The summed E-state index contributed by atoms with van der Waals surface area (Å²) in [5.41, 5.74) is 0. The van der Waals surface area contributed by atoms with Crippen molar-refractivity contribution in [2.45, 2.75) is 83.3 Å². The fourth-order valence-corrected chi connectivity index (χ4v) is 11.6. The maximum atomic E-state index is 5.98. The molecule has 0 bridgehead atoms. The Bertz CT molecular complexity index is 527. The highest BCUT2D eigenvalue weighted by Gasteiger charge is 2.40. The lowest BCUT2D eigenvalue weighted by molar-refractivity contribution is 0.0708. The molecule has 0 aromatic heterocycles. The van der Waals surface area contributed by atoms with E-state index in [0.717, 1.165) is 34.7 Å². The SMILES string of the molecule is CCO[Si](CCCNC[Si]C(C)(CCCCCCCN1CCN(C)CC1)[Si](OC)OC)(OCC)OCC. The monoisotopic (exact) mass is 576 g/mol. The number of likely N-dealkylation sites (N-methyl/N-ethyl adjacent to an activating group) is 1. The van der Waals surface area contributed by atoms with E-state index in [2.05, 4.69) is 29.1 Å². The van der Waals surface area contributed by atoms with Crippen LogP contribution in [0.5, 0.6) is 0 Å². The fraction of sp³-hybridized carbons (Fsp3) is 1.00. The third-order valence-corrected chi connectivity index (χ3v) is 14.7. The second kappa shape index (κ2) is 21.1. The molecule has 0 saturated carbocycles. The van der Waals surface area contributed by atoms with Gasteiger partial charge in [-0.25, -0.2) is 0 Å². The zero-order valence-corrected chi connectivity index (χ0v) is 28.2. The summed E-state index contributed by atoms with van der Waals surface area (Å²) in [6.07, 6.45) is 9.73. The first-order chi connectivity index (χ1) is 17.9. The van der Waals surface area contributed by atoms with Crippen LogP contribution in [-0.4, -0.2) is 124 Å². The number of nitrogens with zero attached hydrogens (tertiary/aromatic N) is 2. The average molecular weight is 577 g/mol. The molecule has 0 aliphatic carbocycles. The molecule has 1 saturated heterocycles. The number of unbranched alkanes of at least 4 members (excludes halogenated alkanes) is 4. The minimum absolute atomic E-state index is 0.126. The molecule has 219 valence electrons. The molecule has 1 aliphatic rings. The Morgan fingerprint density at radius 1 is 0.838 bits per heavy atom. The van der Waals surface area contributed by atoms with Gasteiger partial charge in [-0.3, -0.25) is 0 Å². The number of hydrogen-bond donors (Lipinski definition) is 1. The predicted octanol–water partition coefficient (Wildman–Crippen LogP) is 3.76. The smallest absolute Gasteiger partial charge is 0.397 e. The van der Waals surface area contributed by atoms with E-state index in [0.29, 0.717) is 19.8 Å². The molecule has 37 heavy (non-hydrogen) atoms. The lowest BCUT2D eigenvalue weighted by atomic mass is 10.1. The molecule has 3 radical (unpaired) electrons. The lowest BCUT2D eigenvalue weighted by Crippen LogP contribution is -2.46. The highest BCUT2D eigenvalue weighted by Crippen LogP contribution is 2.35. The summed E-state index contributed by atoms with van der Waals surface area (Å²) in [5, 5.41) is 3.66. The van der Waals surface area contributed by atoms with Crippen molar-refractivity contribution < 1.29 is 22.1 Å². The van der Waals surface area contributed by atoms with Gasteiger partial charge in [-0.2, -0.15) is 0 Å². The number of nitrogens with one attached hydrogen (secondary N) is 1. The fourth-order valence-electron chi connectivity index (χ4n) is 4.99. The molecule has 1 N–H and O–H groups in total. The van der Waals surface area contributed by atoms with Crippen LogP contribution in [-0.2, 0) is 22.1 Å². The van der Waals surface area contributed by atoms with Crippen LogP contribution in [0.2, 0.25) is 10.7 Å². The Morgan fingerprint density at radius 2 is 1.41 bits per heavy atom. The van der Waals surface area contributed by atoms with Crippen molar-refractivity contribution in [1.29, 1.82) is 0 Å². The molecule has 0 aromatic rings. The van der Waals surface area contributed by atoms with Crippen LogP contribution < -0.4 is 5.32 Å². The maximum absolute atomic E-state index is 5.98. The van der Waals surface area contributed by atoms with E-state index < -0.39 is 18.1 Å². The van der Waals surface area contributed by atoms with E-state index in [1.807, 2.05) is 35.0 Å². The van der Waals surface area contributed by atoms with Gasteiger partial charge in [0.15, 0.2) is 0 Å². The van der Waals surface area contributed by atoms with Crippen molar-refractivity contribution in [2.75, 3.05) is 86.5 Å². The predicted molar refractivity (Wildman–Crippen MR) is 158 cm³/mol. The van der Waals surface area contributed by atoms with Gasteiger partial charge in [0.1, 0.15) is 0 Å². The van der Waals surface area contributed by atoms with E-state index in [1.165, 1.54) is 71.2 Å². The van der Waals surface area contributed by atoms with Gasteiger partial charge < -0.3 is 37.2 Å². The second-order valence-electron chi connectivity index (χ2n) is 10.1. The molecule has 1 heterocycles. The topological polar surface area (TPSA) is 64.7 Å². The third-order valence-electron chi connectivity index (χ3n) is 7.10. The zero-order valence-electron chi connectivity index (χ0n) is 25.2. The third kappa shape index (κ3) is 14.5. The minimum Gasteiger partial charge on any atom is -0.397 e. The van der Waals surface area contributed by atoms with Crippen molar-refractivity contribution >= 4 is 27.6 Å². The molecule has 0 aromatic carbocycles. The number of hydrogen-bond acceptors (Lipinski definition) is 8. The summed E-state index contributed by atoms with van der Waals surface area (Å²) >= 11 is 0. The Balaban J connectivity index is 2.32. The number of rotatable bonds is 24. The summed E-state index contributed by atoms with van der Waals surface area (Å²) in [7, 11) is 2.77. The first kappa shape index (κ1) is 35.4. The normalized spacial score (nSPS) is 17.5. The van der Waals surface area contributed by atoms with Crippen LogP contribution in [0.4, 0.5) is 0 Å². The maximum Gasteiger partial charge on any atom is 0.500 e. The van der Waals surface area contributed by atoms with Gasteiger partial charge in [-0.1, -0.05) is 32.6 Å². The van der Waals surface area contributed by atoms with E-state index >= 15 is 0 Å². The first-order valence-electron chi connectivity index (χ1n) is 14.6. The molecular weight excluding hydrogens is 519 g/mol. The van der Waals surface area contributed by atoms with Crippen LogP contribution in [0.1, 0.15) is 72.6 Å². The summed E-state index contributed by atoms with van der Waals surface area (Å²) in [5.74, 6) is 0. The molecule has 0 spiro atoms. The first-order valence-corrected chi connectivity index (χ1v) is 19.1. The molecule has 1 rings (SSSR count). The van der Waals surface area contributed by atoms with Gasteiger partial charge in [0.05, 0.1) is 9.52 Å². The standard InChI is InChI=1S/C26H58N3O5Si3/c1-8-32-37(33-9-2,34-10-3)24-16-18-27-25-35-26(4,36(30-6)31-7)17-14-12-11-13-15-19-29-22-20-28(5)21-23-29/h27H,8-25H2,1-7H3. The molecular formula is C26H58N3O5Si3. The van der Waals surface area contributed by atoms with Gasteiger partial charge in [-0.15, -0.1) is 0 Å². The Morgan fingerprint density at radius 3 is 1.97 bits per heavy atom. The van der Waals surface area contributed by atoms with Gasteiger partial charge in [0.25, 0.3) is 0 Å². The second-order valence-corrected chi connectivity index (χ2v) is 17.7. The van der Waals surface area contributed by atoms with Crippen LogP contribution in [0.3, 0.4) is 0 Å². The quantitative estimate of drug-likeness (QED) is 0.138. The highest BCUT2D eigenvalue weighted by atomic mass is 28.4. The van der Waals surface area contributed by atoms with Gasteiger partial charge in [0, 0.05) is 70.9 Å². The van der Waals surface area contributed by atoms with Gasteiger partial charge >= 0.3 is 18.1 Å². The lowest BCUT2D eigenvalue weighted by Gasteiger charge is -2.33. The van der Waals surface area contributed by atoms with Crippen LogP contribution >= 0.6 is 0 Å². The van der Waals surface area contributed by atoms with Gasteiger partial charge in [0.2, 0.25) is 0 Å². The van der Waals surface area contributed by atoms with E-state index in [9.17, 15) is 0 Å². The molecule has 0 amide bonds. The zero-order chi connectivity index (χ0) is 27.4. The van der Waals surface area contributed by atoms with Crippen molar-refractivity contribution in [3.05, 3.63) is 0 Å². The van der Waals surface area contributed by atoms with Crippen molar-refractivity contribution in [3.8, 4) is 0 Å². The molecule has 8 nitrogen and oxygen atoms in total. The molecule has 1 unspecified atom stereocenters. The number of piperazine rings is 1. The molecule has 1 atom stereocenters. The summed E-state index contributed by atoms with van der Waals surface area (Å²) in [4.78, 5) is 5.06. The molecule has 1 aliphatic heterocycles. The van der Waals surface area contributed by atoms with Crippen LogP contribution in [0.25, 0.3) is 0 Å².